The Morgan fingerprint density at radius 2 is 1.86 bits per heavy atom. The minimum atomic E-state index is -1.00. The number of carboxylic acid groups (broad SMARTS) is 1. The second-order valence-corrected chi connectivity index (χ2v) is 5.84. The summed E-state index contributed by atoms with van der Waals surface area (Å²) in [4.78, 5) is 12.1. The molecule has 0 spiro atoms. The van der Waals surface area contributed by atoms with Gasteiger partial charge in [-0.15, -0.1) is 11.8 Å². The Morgan fingerprint density at radius 1 is 1.24 bits per heavy atom. The maximum atomic E-state index is 11.5. The summed E-state index contributed by atoms with van der Waals surface area (Å²) in [5.41, 5.74) is 1.96. The van der Waals surface area contributed by atoms with Crippen LogP contribution in [-0.4, -0.2) is 17.3 Å². The molecule has 3 nitrogen and oxygen atoms in total. The Hall–Kier alpha value is -1.65. The molecular formula is C16H15ClO3S. The third-order valence-corrected chi connectivity index (χ3v) is 4.44. The number of rotatable bonds is 4. The van der Waals surface area contributed by atoms with E-state index in [1.54, 1.807) is 30.3 Å². The van der Waals surface area contributed by atoms with E-state index in [1.807, 2.05) is 20.1 Å². The van der Waals surface area contributed by atoms with Crippen molar-refractivity contribution in [3.05, 3.63) is 52.0 Å². The molecule has 0 saturated carbocycles. The van der Waals surface area contributed by atoms with Crippen molar-refractivity contribution in [1.29, 1.82) is 0 Å². The molecule has 0 aromatic heterocycles. The maximum absolute atomic E-state index is 11.5. The molecule has 0 bridgehead atoms. The fourth-order valence-electron chi connectivity index (χ4n) is 2.07. The van der Waals surface area contributed by atoms with Crippen molar-refractivity contribution in [1.82, 2.24) is 0 Å². The van der Waals surface area contributed by atoms with Crippen LogP contribution in [0.5, 0.6) is 11.5 Å². The summed E-state index contributed by atoms with van der Waals surface area (Å²) >= 11 is 7.50. The van der Waals surface area contributed by atoms with Gasteiger partial charge in [0.05, 0.1) is 0 Å². The third kappa shape index (κ3) is 3.34. The molecule has 0 aliphatic carbocycles. The normalized spacial score (nSPS) is 10.5. The van der Waals surface area contributed by atoms with Crippen LogP contribution in [0.15, 0.2) is 35.2 Å². The first-order valence-corrected chi connectivity index (χ1v) is 7.89. The van der Waals surface area contributed by atoms with Crippen molar-refractivity contribution in [3.8, 4) is 11.5 Å². The Morgan fingerprint density at radius 3 is 2.38 bits per heavy atom. The van der Waals surface area contributed by atoms with Crippen LogP contribution in [-0.2, 0) is 0 Å². The molecule has 2 aromatic rings. The molecule has 0 aliphatic rings. The van der Waals surface area contributed by atoms with Gasteiger partial charge in [0.15, 0.2) is 0 Å². The molecule has 0 heterocycles. The number of hydrogen-bond donors (Lipinski definition) is 1. The number of hydrogen-bond acceptors (Lipinski definition) is 3. The van der Waals surface area contributed by atoms with Crippen molar-refractivity contribution in [2.24, 2.45) is 0 Å². The molecule has 110 valence electrons. The monoisotopic (exact) mass is 322 g/mol. The Labute approximate surface area is 132 Å². The topological polar surface area (TPSA) is 46.5 Å². The number of carbonyl (C=O) groups is 1. The first-order chi connectivity index (χ1) is 9.93. The van der Waals surface area contributed by atoms with E-state index in [0.29, 0.717) is 21.4 Å². The van der Waals surface area contributed by atoms with E-state index in [1.165, 1.54) is 11.8 Å². The van der Waals surface area contributed by atoms with Gasteiger partial charge in [-0.25, -0.2) is 4.79 Å². The first kappa shape index (κ1) is 15.7. The van der Waals surface area contributed by atoms with Gasteiger partial charge in [-0.2, -0.15) is 0 Å². The molecule has 0 saturated heterocycles. The quantitative estimate of drug-likeness (QED) is 0.789. The maximum Gasteiger partial charge on any atom is 0.340 e. The smallest absolute Gasteiger partial charge is 0.340 e. The van der Waals surface area contributed by atoms with Crippen LogP contribution in [0.25, 0.3) is 0 Å². The fraction of sp³-hybridized carbons (Fsp3) is 0.188. The molecule has 0 fully saturated rings. The van der Waals surface area contributed by atoms with Crippen molar-refractivity contribution >= 4 is 29.3 Å². The zero-order chi connectivity index (χ0) is 15.6. The predicted molar refractivity (Wildman–Crippen MR) is 86.2 cm³/mol. The van der Waals surface area contributed by atoms with Crippen molar-refractivity contribution < 1.29 is 14.6 Å². The van der Waals surface area contributed by atoms with E-state index >= 15 is 0 Å². The highest BCUT2D eigenvalue weighted by atomic mass is 35.5. The van der Waals surface area contributed by atoms with Crippen molar-refractivity contribution in [3.63, 3.8) is 0 Å². The van der Waals surface area contributed by atoms with Crippen LogP contribution in [0, 0.1) is 13.8 Å². The van der Waals surface area contributed by atoms with Crippen molar-refractivity contribution in [2.45, 2.75) is 18.7 Å². The minimum absolute atomic E-state index is 0.176. The lowest BCUT2D eigenvalue weighted by Gasteiger charge is -2.13. The summed E-state index contributed by atoms with van der Waals surface area (Å²) < 4.78 is 5.78. The van der Waals surface area contributed by atoms with Gasteiger partial charge in [-0.3, -0.25) is 0 Å². The molecule has 1 N–H and O–H groups in total. The van der Waals surface area contributed by atoms with E-state index in [9.17, 15) is 9.90 Å². The summed E-state index contributed by atoms with van der Waals surface area (Å²) in [6.45, 7) is 3.78. The van der Waals surface area contributed by atoms with Gasteiger partial charge in [0.1, 0.15) is 17.1 Å². The van der Waals surface area contributed by atoms with E-state index in [-0.39, 0.29) is 5.56 Å². The average Bonchev–Trinajstić information content (AvgIpc) is 2.44. The molecule has 0 amide bonds. The Bertz CT molecular complexity index is 675. The number of thioether (sulfide) groups is 1. The summed E-state index contributed by atoms with van der Waals surface area (Å²) in [7, 11) is 0. The summed E-state index contributed by atoms with van der Waals surface area (Å²) in [6.07, 6.45) is 1.84. The van der Waals surface area contributed by atoms with Gasteiger partial charge in [-0.05, 0) is 55.5 Å². The lowest BCUT2D eigenvalue weighted by atomic mass is 10.1. The van der Waals surface area contributed by atoms with E-state index in [4.69, 9.17) is 16.3 Å². The fourth-order valence-corrected chi connectivity index (χ4v) is 2.78. The van der Waals surface area contributed by atoms with Gasteiger partial charge < -0.3 is 9.84 Å². The minimum Gasteiger partial charge on any atom is -0.478 e. The number of aryl methyl sites for hydroxylation is 2. The van der Waals surface area contributed by atoms with Gasteiger partial charge in [-0.1, -0.05) is 17.7 Å². The largest absolute Gasteiger partial charge is 0.478 e. The number of carboxylic acids is 1. The summed E-state index contributed by atoms with van der Waals surface area (Å²) in [6, 6.07) is 8.80. The van der Waals surface area contributed by atoms with Crippen LogP contribution >= 0.6 is 23.4 Å². The average molecular weight is 323 g/mol. The number of ether oxygens (including phenoxy) is 1. The first-order valence-electron chi connectivity index (χ1n) is 6.29. The summed E-state index contributed by atoms with van der Waals surface area (Å²) in [5, 5.41) is 10.1. The number of halogens is 1. The molecule has 0 atom stereocenters. The lowest BCUT2D eigenvalue weighted by Crippen LogP contribution is -2.02. The molecule has 0 radical (unpaired) electrons. The molecule has 2 aromatic carbocycles. The van der Waals surface area contributed by atoms with E-state index in [2.05, 4.69) is 0 Å². The van der Waals surface area contributed by atoms with Crippen LogP contribution in [0.4, 0.5) is 0 Å². The number of benzene rings is 2. The second-order valence-electron chi connectivity index (χ2n) is 4.61. The van der Waals surface area contributed by atoms with Crippen LogP contribution < -0.4 is 4.74 Å². The van der Waals surface area contributed by atoms with Gasteiger partial charge in [0, 0.05) is 9.92 Å². The second kappa shape index (κ2) is 6.41. The zero-order valence-electron chi connectivity index (χ0n) is 11.9. The van der Waals surface area contributed by atoms with Gasteiger partial charge >= 0.3 is 5.97 Å². The van der Waals surface area contributed by atoms with Crippen molar-refractivity contribution in [2.75, 3.05) is 6.26 Å². The van der Waals surface area contributed by atoms with Crippen LogP contribution in [0.1, 0.15) is 21.5 Å². The molecular weight excluding hydrogens is 308 g/mol. The Balaban J connectivity index is 2.47. The lowest BCUT2D eigenvalue weighted by molar-refractivity contribution is 0.0690. The molecule has 5 heteroatoms. The van der Waals surface area contributed by atoms with E-state index in [0.717, 1.165) is 11.1 Å². The van der Waals surface area contributed by atoms with E-state index < -0.39 is 5.97 Å². The highest BCUT2D eigenvalue weighted by molar-refractivity contribution is 7.98. The van der Waals surface area contributed by atoms with Gasteiger partial charge in [0.2, 0.25) is 0 Å². The highest BCUT2D eigenvalue weighted by Gasteiger charge is 2.17. The van der Waals surface area contributed by atoms with Crippen LogP contribution in [0.3, 0.4) is 0 Å². The highest BCUT2D eigenvalue weighted by Crippen LogP contribution is 2.34. The molecule has 2 rings (SSSR count). The zero-order valence-corrected chi connectivity index (χ0v) is 13.5. The standard InChI is InChI=1S/C16H15ClO3S/c1-9-7-11(8-10(2)15(9)17)20-12-5-4-6-13(21-3)14(12)16(18)19/h4-8H,1-3H3,(H,18,19). The molecule has 21 heavy (non-hydrogen) atoms. The predicted octanol–water partition coefficient (Wildman–Crippen LogP) is 5.17. The molecule has 0 aliphatic heterocycles. The SMILES string of the molecule is CSc1cccc(Oc2cc(C)c(Cl)c(C)c2)c1C(=O)O. The third-order valence-electron chi connectivity index (χ3n) is 3.06. The number of aromatic carboxylic acids is 1. The summed E-state index contributed by atoms with van der Waals surface area (Å²) in [5.74, 6) is -0.0945. The van der Waals surface area contributed by atoms with Gasteiger partial charge in [0.25, 0.3) is 0 Å². The van der Waals surface area contributed by atoms with Crippen LogP contribution in [0.2, 0.25) is 5.02 Å². The molecule has 0 unspecified atom stereocenters. The Kier molecular flexibility index (Phi) is 4.80.